The van der Waals surface area contributed by atoms with Crippen LogP contribution in [-0.4, -0.2) is 27.4 Å². The molecule has 0 bridgehead atoms. The van der Waals surface area contributed by atoms with Gasteiger partial charge in [-0.15, -0.1) is 0 Å². The Kier molecular flexibility index (Phi) is 4.97. The summed E-state index contributed by atoms with van der Waals surface area (Å²) in [6.45, 7) is 6.87. The van der Waals surface area contributed by atoms with E-state index >= 15 is 0 Å². The number of urea groups is 1. The summed E-state index contributed by atoms with van der Waals surface area (Å²) in [4.78, 5) is 31.3. The van der Waals surface area contributed by atoms with Crippen molar-refractivity contribution < 1.29 is 14.0 Å². The van der Waals surface area contributed by atoms with E-state index in [2.05, 4.69) is 31.1 Å². The Morgan fingerprint density at radius 1 is 1.21 bits per heavy atom. The quantitative estimate of drug-likeness (QED) is 0.741. The van der Waals surface area contributed by atoms with Crippen LogP contribution in [0.15, 0.2) is 40.9 Å². The molecule has 1 aromatic carbocycles. The van der Waals surface area contributed by atoms with Gasteiger partial charge in [0.15, 0.2) is 5.76 Å². The standard InChI is InChI=1S/C23H29N3O3/c1-4-22(2,3)17-10-12-23(13-11-17)20(27)26(21(28)25-23)15-19-24-14-18(29-19)16-8-6-5-7-9-16/h5-9,14,17H,4,10-13,15H2,1-3H3,(H,25,28). The number of rotatable bonds is 5. The zero-order valence-electron chi connectivity index (χ0n) is 17.4. The van der Waals surface area contributed by atoms with Crippen LogP contribution >= 0.6 is 0 Å². The minimum atomic E-state index is -0.758. The van der Waals surface area contributed by atoms with Crippen molar-refractivity contribution in [3.05, 3.63) is 42.4 Å². The highest BCUT2D eigenvalue weighted by molar-refractivity contribution is 6.07. The fourth-order valence-corrected chi connectivity index (χ4v) is 4.59. The summed E-state index contributed by atoms with van der Waals surface area (Å²) in [6, 6.07) is 9.31. The minimum absolute atomic E-state index is 0.0587. The predicted molar refractivity (Wildman–Crippen MR) is 110 cm³/mol. The summed E-state index contributed by atoms with van der Waals surface area (Å²) in [6.07, 6.45) is 6.06. The van der Waals surface area contributed by atoms with Crippen LogP contribution in [0, 0.1) is 11.3 Å². The number of carbonyl (C=O) groups is 2. The lowest BCUT2D eigenvalue weighted by Crippen LogP contribution is -2.50. The number of nitrogens with zero attached hydrogens (tertiary/aromatic N) is 2. The molecule has 2 aliphatic rings. The first-order valence-electron chi connectivity index (χ1n) is 10.5. The second-order valence-electron chi connectivity index (χ2n) is 9.00. The van der Waals surface area contributed by atoms with E-state index in [1.165, 1.54) is 4.90 Å². The summed E-state index contributed by atoms with van der Waals surface area (Å²) in [5.74, 6) is 1.43. The van der Waals surface area contributed by atoms with Crippen molar-refractivity contribution in [1.82, 2.24) is 15.2 Å². The highest BCUT2D eigenvalue weighted by Crippen LogP contribution is 2.45. The maximum absolute atomic E-state index is 13.2. The van der Waals surface area contributed by atoms with Crippen molar-refractivity contribution in [3.63, 3.8) is 0 Å². The molecule has 1 aromatic heterocycles. The molecule has 0 unspecified atom stereocenters. The van der Waals surface area contributed by atoms with Crippen LogP contribution in [-0.2, 0) is 11.3 Å². The maximum atomic E-state index is 13.2. The lowest BCUT2D eigenvalue weighted by atomic mass is 9.65. The molecule has 29 heavy (non-hydrogen) atoms. The van der Waals surface area contributed by atoms with Crippen LogP contribution < -0.4 is 5.32 Å². The van der Waals surface area contributed by atoms with Crippen LogP contribution in [0.2, 0.25) is 0 Å². The second-order valence-corrected chi connectivity index (χ2v) is 9.00. The Bertz CT molecular complexity index is 895. The largest absolute Gasteiger partial charge is 0.439 e. The van der Waals surface area contributed by atoms with Crippen LogP contribution in [0.1, 0.15) is 58.8 Å². The zero-order chi connectivity index (χ0) is 20.6. The van der Waals surface area contributed by atoms with Crippen molar-refractivity contribution >= 4 is 11.9 Å². The highest BCUT2D eigenvalue weighted by atomic mass is 16.4. The summed E-state index contributed by atoms with van der Waals surface area (Å²) < 4.78 is 5.80. The Morgan fingerprint density at radius 3 is 2.55 bits per heavy atom. The molecule has 1 saturated carbocycles. The van der Waals surface area contributed by atoms with Gasteiger partial charge in [0, 0.05) is 5.56 Å². The van der Waals surface area contributed by atoms with Crippen molar-refractivity contribution in [1.29, 1.82) is 0 Å². The van der Waals surface area contributed by atoms with Gasteiger partial charge in [-0.2, -0.15) is 0 Å². The van der Waals surface area contributed by atoms with Crippen molar-refractivity contribution in [2.45, 2.75) is 65.0 Å². The molecule has 0 atom stereocenters. The monoisotopic (exact) mass is 395 g/mol. The van der Waals surface area contributed by atoms with Crippen LogP contribution in [0.25, 0.3) is 11.3 Å². The van der Waals surface area contributed by atoms with Gasteiger partial charge in [-0.05, 0) is 37.0 Å². The van der Waals surface area contributed by atoms with Gasteiger partial charge in [0.2, 0.25) is 5.89 Å². The number of oxazole rings is 1. The molecule has 2 fully saturated rings. The minimum Gasteiger partial charge on any atom is -0.439 e. The number of aromatic nitrogens is 1. The number of carbonyl (C=O) groups excluding carboxylic acids is 2. The van der Waals surface area contributed by atoms with E-state index < -0.39 is 5.54 Å². The molecule has 4 rings (SSSR count). The fraction of sp³-hybridized carbons (Fsp3) is 0.522. The third-order valence-corrected chi connectivity index (χ3v) is 7.01. The summed E-state index contributed by atoms with van der Waals surface area (Å²) in [7, 11) is 0. The van der Waals surface area contributed by atoms with Gasteiger partial charge in [-0.25, -0.2) is 9.78 Å². The summed E-state index contributed by atoms with van der Waals surface area (Å²) in [5, 5.41) is 2.99. The van der Waals surface area contributed by atoms with Gasteiger partial charge in [0.25, 0.3) is 5.91 Å². The lowest BCUT2D eigenvalue weighted by Gasteiger charge is -2.42. The molecule has 2 heterocycles. The normalized spacial score (nSPS) is 24.9. The van der Waals surface area contributed by atoms with E-state index in [9.17, 15) is 9.59 Å². The first-order chi connectivity index (χ1) is 13.8. The van der Waals surface area contributed by atoms with E-state index in [0.717, 1.165) is 24.8 Å². The molecule has 1 saturated heterocycles. The SMILES string of the molecule is CCC(C)(C)C1CCC2(CC1)NC(=O)N(Cc1ncc(-c3ccccc3)o1)C2=O. The van der Waals surface area contributed by atoms with Gasteiger partial charge in [0.1, 0.15) is 12.1 Å². The number of imide groups is 1. The molecule has 6 nitrogen and oxygen atoms in total. The van der Waals surface area contributed by atoms with Gasteiger partial charge in [-0.1, -0.05) is 57.5 Å². The van der Waals surface area contributed by atoms with E-state index in [-0.39, 0.29) is 23.9 Å². The first-order valence-corrected chi connectivity index (χ1v) is 10.5. The van der Waals surface area contributed by atoms with Gasteiger partial charge in [0.05, 0.1) is 6.20 Å². The molecular weight excluding hydrogens is 366 g/mol. The number of hydrogen-bond donors (Lipinski definition) is 1. The smallest absolute Gasteiger partial charge is 0.325 e. The molecule has 1 N–H and O–H groups in total. The first kappa shape index (κ1) is 19.7. The van der Waals surface area contributed by atoms with Crippen molar-refractivity contribution in [2.24, 2.45) is 11.3 Å². The molecule has 1 aliphatic carbocycles. The van der Waals surface area contributed by atoms with E-state index in [0.29, 0.717) is 30.4 Å². The van der Waals surface area contributed by atoms with Crippen molar-refractivity contribution in [2.75, 3.05) is 0 Å². The van der Waals surface area contributed by atoms with Crippen LogP contribution in [0.3, 0.4) is 0 Å². The number of hydrogen-bond acceptors (Lipinski definition) is 4. The molecule has 2 aromatic rings. The molecule has 6 heteroatoms. The lowest BCUT2D eigenvalue weighted by molar-refractivity contribution is -0.133. The summed E-state index contributed by atoms with van der Waals surface area (Å²) >= 11 is 0. The molecule has 1 aliphatic heterocycles. The van der Waals surface area contributed by atoms with Crippen LogP contribution in [0.4, 0.5) is 4.79 Å². The summed E-state index contributed by atoms with van der Waals surface area (Å²) in [5.41, 5.74) is 0.419. The Labute approximate surface area is 171 Å². The van der Waals surface area contributed by atoms with Gasteiger partial charge in [-0.3, -0.25) is 9.69 Å². The molecule has 1 spiro atoms. The molecule has 0 radical (unpaired) electrons. The topological polar surface area (TPSA) is 75.4 Å². The van der Waals surface area contributed by atoms with Crippen molar-refractivity contribution in [3.8, 4) is 11.3 Å². The maximum Gasteiger partial charge on any atom is 0.325 e. The molecule has 154 valence electrons. The average molecular weight is 396 g/mol. The van der Waals surface area contributed by atoms with Gasteiger partial charge >= 0.3 is 6.03 Å². The number of amides is 3. The Morgan fingerprint density at radius 2 is 1.90 bits per heavy atom. The third-order valence-electron chi connectivity index (χ3n) is 7.01. The fourth-order valence-electron chi connectivity index (χ4n) is 4.59. The second kappa shape index (κ2) is 7.32. The molecular formula is C23H29N3O3. The van der Waals surface area contributed by atoms with E-state index in [1.54, 1.807) is 6.20 Å². The average Bonchev–Trinajstić information content (AvgIpc) is 3.28. The van der Waals surface area contributed by atoms with E-state index in [4.69, 9.17) is 4.42 Å². The number of nitrogens with one attached hydrogen (secondary N) is 1. The predicted octanol–water partition coefficient (Wildman–Crippen LogP) is 4.76. The number of benzene rings is 1. The van der Waals surface area contributed by atoms with E-state index in [1.807, 2.05) is 30.3 Å². The van der Waals surface area contributed by atoms with Gasteiger partial charge < -0.3 is 9.73 Å². The third kappa shape index (κ3) is 3.56. The zero-order valence-corrected chi connectivity index (χ0v) is 17.4. The van der Waals surface area contributed by atoms with Crippen LogP contribution in [0.5, 0.6) is 0 Å². The Balaban J connectivity index is 1.45. The highest BCUT2D eigenvalue weighted by Gasteiger charge is 2.53. The molecule has 3 amide bonds. The Hall–Kier alpha value is -2.63.